The molecule has 0 bridgehead atoms. The highest BCUT2D eigenvalue weighted by Crippen LogP contribution is 2.32. The molecule has 0 heterocycles. The zero-order valence-corrected chi connectivity index (χ0v) is 18.9. The summed E-state index contributed by atoms with van der Waals surface area (Å²) in [5.41, 5.74) is 0.719. The van der Waals surface area contributed by atoms with E-state index in [9.17, 15) is 19.5 Å². The number of carbonyl (C=O) groups excluding carboxylic acids is 3. The zero-order chi connectivity index (χ0) is 23.8. The summed E-state index contributed by atoms with van der Waals surface area (Å²) in [6, 6.07) is 10.5. The predicted molar refractivity (Wildman–Crippen MR) is 118 cm³/mol. The van der Waals surface area contributed by atoms with Crippen molar-refractivity contribution in [2.75, 3.05) is 13.6 Å². The summed E-state index contributed by atoms with van der Waals surface area (Å²) >= 11 is 0. The van der Waals surface area contributed by atoms with Crippen LogP contribution in [0.5, 0.6) is 17.2 Å². The number of aliphatic hydroxyl groups is 1. The number of likely N-dealkylation sites (N-methyl/N-ethyl adjacent to an activating group) is 1. The lowest BCUT2D eigenvalue weighted by Crippen LogP contribution is -2.19. The van der Waals surface area contributed by atoms with Crippen LogP contribution in [0.15, 0.2) is 42.5 Å². The van der Waals surface area contributed by atoms with E-state index >= 15 is 0 Å². The number of ether oxygens (including phenoxy) is 3. The highest BCUT2D eigenvalue weighted by atomic mass is 16.6. The molecular weight excluding hydrogens is 414 g/mol. The Bertz CT molecular complexity index is 951. The average Bonchev–Trinajstić information content (AvgIpc) is 2.75. The lowest BCUT2D eigenvalue weighted by Gasteiger charge is -2.16. The third-order valence-electron chi connectivity index (χ3n) is 4.41. The van der Waals surface area contributed by atoms with E-state index < -0.39 is 24.0 Å². The van der Waals surface area contributed by atoms with Gasteiger partial charge in [0.25, 0.3) is 0 Å². The monoisotopic (exact) mass is 443 g/mol. The molecule has 0 aliphatic heterocycles. The highest BCUT2D eigenvalue weighted by molar-refractivity contribution is 5.91. The molecule has 0 aliphatic carbocycles. The van der Waals surface area contributed by atoms with E-state index in [0.717, 1.165) is 0 Å². The SMILES string of the molecule is CNCC(O)c1ccc(OC(=O)c2ccc(OC(=O)C(C)C)cc2)c(OC(=O)C(C)C)c1. The van der Waals surface area contributed by atoms with Gasteiger partial charge in [0.15, 0.2) is 11.5 Å². The molecule has 2 N–H and O–H groups in total. The normalized spacial score (nSPS) is 11.9. The highest BCUT2D eigenvalue weighted by Gasteiger charge is 2.20. The Morgan fingerprint density at radius 1 is 0.844 bits per heavy atom. The average molecular weight is 443 g/mol. The van der Waals surface area contributed by atoms with Crippen molar-refractivity contribution in [3.8, 4) is 17.2 Å². The van der Waals surface area contributed by atoms with Crippen LogP contribution in [-0.2, 0) is 9.59 Å². The lowest BCUT2D eigenvalue weighted by atomic mass is 10.1. The minimum absolute atomic E-state index is 0.0344. The number of hydrogen-bond acceptors (Lipinski definition) is 8. The summed E-state index contributed by atoms with van der Waals surface area (Å²) in [6.45, 7) is 7.11. The molecule has 0 amide bonds. The Balaban J connectivity index is 2.23. The van der Waals surface area contributed by atoms with Gasteiger partial charge in [0.1, 0.15) is 5.75 Å². The van der Waals surface area contributed by atoms with Gasteiger partial charge >= 0.3 is 17.9 Å². The molecule has 2 aromatic rings. The smallest absolute Gasteiger partial charge is 0.343 e. The van der Waals surface area contributed by atoms with Gasteiger partial charge in [0.2, 0.25) is 0 Å². The Hall–Kier alpha value is -3.23. The van der Waals surface area contributed by atoms with Crippen molar-refractivity contribution in [1.82, 2.24) is 5.32 Å². The van der Waals surface area contributed by atoms with Gasteiger partial charge < -0.3 is 24.6 Å². The summed E-state index contributed by atoms with van der Waals surface area (Å²) in [4.78, 5) is 36.4. The first-order chi connectivity index (χ1) is 15.1. The number of hydrogen-bond donors (Lipinski definition) is 2. The Kier molecular flexibility index (Phi) is 8.92. The summed E-state index contributed by atoms with van der Waals surface area (Å²) in [5, 5.41) is 13.1. The predicted octanol–water partition coefficient (Wildman–Crippen LogP) is 3.28. The van der Waals surface area contributed by atoms with Crippen LogP contribution in [0.2, 0.25) is 0 Å². The number of rotatable bonds is 9. The fourth-order valence-corrected chi connectivity index (χ4v) is 2.49. The van der Waals surface area contributed by atoms with E-state index in [1.807, 2.05) is 0 Å². The number of aliphatic hydroxyl groups excluding tert-OH is 1. The second-order valence-electron chi connectivity index (χ2n) is 7.85. The zero-order valence-electron chi connectivity index (χ0n) is 18.9. The fourth-order valence-electron chi connectivity index (χ4n) is 2.49. The number of carbonyl (C=O) groups is 3. The van der Waals surface area contributed by atoms with Crippen LogP contribution in [-0.4, -0.2) is 36.6 Å². The molecule has 0 aromatic heterocycles. The topological polar surface area (TPSA) is 111 Å². The third kappa shape index (κ3) is 6.90. The van der Waals surface area contributed by atoms with Gasteiger partial charge in [0, 0.05) is 6.54 Å². The van der Waals surface area contributed by atoms with Gasteiger partial charge in [-0.2, -0.15) is 0 Å². The number of benzene rings is 2. The lowest BCUT2D eigenvalue weighted by molar-refractivity contribution is -0.138. The van der Waals surface area contributed by atoms with Crippen LogP contribution in [0, 0.1) is 11.8 Å². The van der Waals surface area contributed by atoms with Crippen molar-refractivity contribution >= 4 is 17.9 Å². The second kappa shape index (κ2) is 11.4. The maximum atomic E-state index is 12.6. The number of nitrogens with one attached hydrogen (secondary N) is 1. The van der Waals surface area contributed by atoms with Crippen LogP contribution >= 0.6 is 0 Å². The van der Waals surface area contributed by atoms with E-state index in [4.69, 9.17) is 14.2 Å². The standard InChI is InChI=1S/C24H29NO7/c1-14(2)22(27)30-18-9-6-16(7-10-18)24(29)31-20-11-8-17(19(26)13-25-5)12-21(20)32-23(28)15(3)4/h6-12,14-15,19,25-26H,13H2,1-5H3. The van der Waals surface area contributed by atoms with E-state index in [1.54, 1.807) is 40.8 Å². The van der Waals surface area contributed by atoms with E-state index in [0.29, 0.717) is 17.9 Å². The number of esters is 3. The molecule has 172 valence electrons. The molecule has 0 aliphatic rings. The van der Waals surface area contributed by atoms with Gasteiger partial charge in [-0.1, -0.05) is 33.8 Å². The van der Waals surface area contributed by atoms with Crippen LogP contribution in [0.1, 0.15) is 49.7 Å². The van der Waals surface area contributed by atoms with Crippen LogP contribution in [0.25, 0.3) is 0 Å². The van der Waals surface area contributed by atoms with E-state index in [2.05, 4.69) is 5.32 Å². The van der Waals surface area contributed by atoms with Crippen LogP contribution in [0.3, 0.4) is 0 Å². The first-order valence-corrected chi connectivity index (χ1v) is 10.3. The quantitative estimate of drug-likeness (QED) is 0.449. The minimum Gasteiger partial charge on any atom is -0.426 e. The molecule has 0 spiro atoms. The van der Waals surface area contributed by atoms with E-state index in [1.165, 1.54) is 36.4 Å². The fraction of sp³-hybridized carbons (Fsp3) is 0.375. The van der Waals surface area contributed by atoms with Gasteiger partial charge in [0.05, 0.1) is 23.5 Å². The molecule has 1 unspecified atom stereocenters. The molecule has 0 saturated carbocycles. The molecule has 0 fully saturated rings. The van der Waals surface area contributed by atoms with Crippen LogP contribution in [0.4, 0.5) is 0 Å². The van der Waals surface area contributed by atoms with Crippen LogP contribution < -0.4 is 19.5 Å². The van der Waals surface area contributed by atoms with Gasteiger partial charge in [-0.3, -0.25) is 9.59 Å². The first kappa shape index (κ1) is 25.0. The molecule has 32 heavy (non-hydrogen) atoms. The molecule has 2 rings (SSSR count). The molecular formula is C24H29NO7. The van der Waals surface area contributed by atoms with Crippen molar-refractivity contribution in [1.29, 1.82) is 0 Å². The second-order valence-corrected chi connectivity index (χ2v) is 7.85. The maximum Gasteiger partial charge on any atom is 0.343 e. The molecule has 8 nitrogen and oxygen atoms in total. The first-order valence-electron chi connectivity index (χ1n) is 10.3. The Labute approximate surface area is 187 Å². The van der Waals surface area contributed by atoms with Gasteiger partial charge in [-0.25, -0.2) is 4.79 Å². The summed E-state index contributed by atoms with van der Waals surface area (Å²) in [7, 11) is 1.70. The molecule has 0 saturated heterocycles. The van der Waals surface area contributed by atoms with Gasteiger partial charge in [-0.15, -0.1) is 0 Å². The molecule has 2 aromatic carbocycles. The minimum atomic E-state index is -0.831. The van der Waals surface area contributed by atoms with Crippen molar-refractivity contribution in [2.24, 2.45) is 11.8 Å². The Morgan fingerprint density at radius 2 is 1.44 bits per heavy atom. The summed E-state index contributed by atoms with van der Waals surface area (Å²) in [6.07, 6.45) is -0.831. The van der Waals surface area contributed by atoms with Crippen molar-refractivity contribution in [3.05, 3.63) is 53.6 Å². The molecule has 0 radical (unpaired) electrons. The Morgan fingerprint density at radius 3 is 2.00 bits per heavy atom. The van der Waals surface area contributed by atoms with Crippen molar-refractivity contribution in [3.63, 3.8) is 0 Å². The molecule has 8 heteroatoms. The summed E-state index contributed by atoms with van der Waals surface area (Å²) in [5.74, 6) is -1.85. The largest absolute Gasteiger partial charge is 0.426 e. The molecule has 1 atom stereocenters. The van der Waals surface area contributed by atoms with E-state index in [-0.39, 0.29) is 28.9 Å². The third-order valence-corrected chi connectivity index (χ3v) is 4.41. The van der Waals surface area contributed by atoms with Gasteiger partial charge in [-0.05, 0) is 49.0 Å². The maximum absolute atomic E-state index is 12.6. The van der Waals surface area contributed by atoms with Crippen molar-refractivity contribution < 1.29 is 33.7 Å². The summed E-state index contributed by atoms with van der Waals surface area (Å²) < 4.78 is 16.0. The van der Waals surface area contributed by atoms with Crippen molar-refractivity contribution in [2.45, 2.75) is 33.8 Å².